The highest BCUT2D eigenvalue weighted by atomic mass is 79.9. The lowest BCUT2D eigenvalue weighted by Crippen LogP contribution is -1.90. The third-order valence-electron chi connectivity index (χ3n) is 2.03. The number of anilines is 2. The lowest BCUT2D eigenvalue weighted by atomic mass is 10.2. The van der Waals surface area contributed by atoms with E-state index in [9.17, 15) is 0 Å². The van der Waals surface area contributed by atoms with E-state index in [4.69, 9.17) is 23.2 Å². The fourth-order valence-electron chi connectivity index (χ4n) is 1.31. The minimum atomic E-state index is 0.661. The van der Waals surface area contributed by atoms with E-state index >= 15 is 0 Å². The van der Waals surface area contributed by atoms with Gasteiger partial charge in [-0.25, -0.2) is 0 Å². The maximum absolute atomic E-state index is 6.09. The Balaban J connectivity index is 2.27. The zero-order valence-electron chi connectivity index (χ0n) is 8.18. The molecule has 0 aliphatic rings. The molecule has 16 heavy (non-hydrogen) atoms. The highest BCUT2D eigenvalue weighted by Gasteiger charge is 2.01. The van der Waals surface area contributed by atoms with E-state index in [1.165, 1.54) is 0 Å². The molecule has 82 valence electrons. The van der Waals surface area contributed by atoms with Crippen LogP contribution in [-0.2, 0) is 0 Å². The number of hydrogen-bond donors (Lipinski definition) is 1. The molecule has 1 N–H and O–H groups in total. The van der Waals surface area contributed by atoms with Crippen molar-refractivity contribution in [2.75, 3.05) is 5.32 Å². The van der Waals surface area contributed by atoms with Crippen LogP contribution in [0.15, 0.2) is 46.9 Å². The molecule has 0 atom stereocenters. The van der Waals surface area contributed by atoms with Gasteiger partial charge in [-0.15, -0.1) is 0 Å². The SMILES string of the molecule is Clc1cccc(Nc2ccc(Br)cc2Cl)c1. The van der Waals surface area contributed by atoms with Gasteiger partial charge in [-0.2, -0.15) is 0 Å². The first kappa shape index (κ1) is 11.8. The molecule has 0 aliphatic carbocycles. The van der Waals surface area contributed by atoms with Crippen LogP contribution in [0.5, 0.6) is 0 Å². The maximum Gasteiger partial charge on any atom is 0.0652 e. The second-order valence-corrected chi connectivity index (χ2v) is 5.02. The molecule has 0 unspecified atom stereocenters. The summed E-state index contributed by atoms with van der Waals surface area (Å²) in [6.07, 6.45) is 0. The Hall–Kier alpha value is -0.700. The van der Waals surface area contributed by atoms with Crippen molar-refractivity contribution < 1.29 is 0 Å². The zero-order chi connectivity index (χ0) is 11.5. The molecule has 4 heteroatoms. The lowest BCUT2D eigenvalue weighted by Gasteiger charge is -2.08. The molecule has 0 saturated heterocycles. The van der Waals surface area contributed by atoms with Gasteiger partial charge in [0.15, 0.2) is 0 Å². The summed E-state index contributed by atoms with van der Waals surface area (Å²) >= 11 is 15.3. The Morgan fingerprint density at radius 2 is 1.81 bits per heavy atom. The molecule has 1 nitrogen and oxygen atoms in total. The summed E-state index contributed by atoms with van der Waals surface area (Å²) in [6.45, 7) is 0. The molecule has 0 heterocycles. The van der Waals surface area contributed by atoms with Crippen LogP contribution in [0.25, 0.3) is 0 Å². The second-order valence-electron chi connectivity index (χ2n) is 3.26. The first-order valence-corrected chi connectivity index (χ1v) is 6.18. The first-order valence-electron chi connectivity index (χ1n) is 4.63. The molecular formula is C12H8BrCl2N. The van der Waals surface area contributed by atoms with Gasteiger partial charge in [0.25, 0.3) is 0 Å². The number of halogens is 3. The largest absolute Gasteiger partial charge is 0.354 e. The molecule has 0 bridgehead atoms. The van der Waals surface area contributed by atoms with Gasteiger partial charge in [0.1, 0.15) is 0 Å². The van der Waals surface area contributed by atoms with Crippen LogP contribution in [0.1, 0.15) is 0 Å². The Labute approximate surface area is 113 Å². The van der Waals surface area contributed by atoms with Gasteiger partial charge < -0.3 is 5.32 Å². The predicted molar refractivity (Wildman–Crippen MR) is 73.9 cm³/mol. The molecule has 0 fully saturated rings. The molecule has 0 aromatic heterocycles. The van der Waals surface area contributed by atoms with E-state index in [1.807, 2.05) is 42.5 Å². The lowest BCUT2D eigenvalue weighted by molar-refractivity contribution is 1.54. The quantitative estimate of drug-likeness (QED) is 0.771. The third kappa shape index (κ3) is 2.91. The van der Waals surface area contributed by atoms with E-state index < -0.39 is 0 Å². The monoisotopic (exact) mass is 315 g/mol. The highest BCUT2D eigenvalue weighted by molar-refractivity contribution is 9.10. The molecule has 2 aromatic rings. The molecule has 0 amide bonds. The summed E-state index contributed by atoms with van der Waals surface area (Å²) < 4.78 is 0.953. The molecule has 2 rings (SSSR count). The van der Waals surface area contributed by atoms with Crippen LogP contribution in [0.2, 0.25) is 10.0 Å². The van der Waals surface area contributed by atoms with Crippen molar-refractivity contribution in [3.8, 4) is 0 Å². The van der Waals surface area contributed by atoms with Crippen molar-refractivity contribution in [2.24, 2.45) is 0 Å². The zero-order valence-corrected chi connectivity index (χ0v) is 11.3. The van der Waals surface area contributed by atoms with Gasteiger partial charge >= 0.3 is 0 Å². The van der Waals surface area contributed by atoms with E-state index in [0.29, 0.717) is 10.0 Å². The molecule has 2 aromatic carbocycles. The van der Waals surface area contributed by atoms with Crippen molar-refractivity contribution in [3.05, 3.63) is 57.0 Å². The first-order chi connectivity index (χ1) is 7.65. The third-order valence-corrected chi connectivity index (χ3v) is 3.08. The maximum atomic E-state index is 6.09. The molecular weight excluding hydrogens is 309 g/mol. The van der Waals surface area contributed by atoms with Crippen LogP contribution in [-0.4, -0.2) is 0 Å². The van der Waals surface area contributed by atoms with Crippen molar-refractivity contribution in [1.29, 1.82) is 0 Å². The van der Waals surface area contributed by atoms with E-state index in [2.05, 4.69) is 21.2 Å². The topological polar surface area (TPSA) is 12.0 Å². The second kappa shape index (κ2) is 5.09. The smallest absolute Gasteiger partial charge is 0.0652 e. The predicted octanol–water partition coefficient (Wildman–Crippen LogP) is 5.50. The van der Waals surface area contributed by atoms with Gasteiger partial charge in [0.05, 0.1) is 10.7 Å². The van der Waals surface area contributed by atoms with Crippen LogP contribution in [0.4, 0.5) is 11.4 Å². The number of rotatable bonds is 2. The van der Waals surface area contributed by atoms with Crippen LogP contribution in [0.3, 0.4) is 0 Å². The summed E-state index contributed by atoms with van der Waals surface area (Å²) in [4.78, 5) is 0. The summed E-state index contributed by atoms with van der Waals surface area (Å²) in [6, 6.07) is 13.2. The molecule has 0 aliphatic heterocycles. The molecule has 0 spiro atoms. The Kier molecular flexibility index (Phi) is 3.74. The van der Waals surface area contributed by atoms with Gasteiger partial charge in [-0.1, -0.05) is 45.2 Å². The average Bonchev–Trinajstić information content (AvgIpc) is 2.22. The van der Waals surface area contributed by atoms with Gasteiger partial charge in [0, 0.05) is 15.2 Å². The Bertz CT molecular complexity index is 514. The fraction of sp³-hybridized carbons (Fsp3) is 0. The van der Waals surface area contributed by atoms with Crippen molar-refractivity contribution >= 4 is 50.5 Å². The van der Waals surface area contributed by atoms with Gasteiger partial charge in [0.2, 0.25) is 0 Å². The van der Waals surface area contributed by atoms with Crippen molar-refractivity contribution in [2.45, 2.75) is 0 Å². The Morgan fingerprint density at radius 1 is 1.00 bits per heavy atom. The summed E-state index contributed by atoms with van der Waals surface area (Å²) in [5.41, 5.74) is 1.77. The van der Waals surface area contributed by atoms with Crippen LogP contribution in [0, 0.1) is 0 Å². The minimum absolute atomic E-state index is 0.661. The highest BCUT2D eigenvalue weighted by Crippen LogP contribution is 2.29. The van der Waals surface area contributed by atoms with Gasteiger partial charge in [-0.05, 0) is 36.4 Å². The number of benzene rings is 2. The normalized spacial score (nSPS) is 10.2. The fourth-order valence-corrected chi connectivity index (χ4v) is 2.22. The minimum Gasteiger partial charge on any atom is -0.354 e. The van der Waals surface area contributed by atoms with E-state index in [-0.39, 0.29) is 0 Å². The molecule has 0 saturated carbocycles. The summed E-state index contributed by atoms with van der Waals surface area (Å²) in [5.74, 6) is 0. The van der Waals surface area contributed by atoms with Gasteiger partial charge in [-0.3, -0.25) is 0 Å². The van der Waals surface area contributed by atoms with Crippen molar-refractivity contribution in [3.63, 3.8) is 0 Å². The number of nitrogens with one attached hydrogen (secondary N) is 1. The summed E-state index contributed by atoms with van der Waals surface area (Å²) in [5, 5.41) is 4.56. The van der Waals surface area contributed by atoms with Crippen LogP contribution < -0.4 is 5.32 Å². The summed E-state index contributed by atoms with van der Waals surface area (Å²) in [7, 11) is 0. The van der Waals surface area contributed by atoms with E-state index in [1.54, 1.807) is 0 Å². The van der Waals surface area contributed by atoms with E-state index in [0.717, 1.165) is 15.8 Å². The van der Waals surface area contributed by atoms with Crippen molar-refractivity contribution in [1.82, 2.24) is 0 Å². The molecule has 0 radical (unpaired) electrons. The number of hydrogen-bond acceptors (Lipinski definition) is 1. The van der Waals surface area contributed by atoms with Crippen LogP contribution >= 0.6 is 39.1 Å². The standard InChI is InChI=1S/C12H8BrCl2N/c13-8-4-5-12(11(15)6-8)16-10-3-1-2-9(14)7-10/h1-7,16H. The Morgan fingerprint density at radius 3 is 2.50 bits per heavy atom. The average molecular weight is 317 g/mol.